The molecular weight excluding hydrogens is 310 g/mol. The summed E-state index contributed by atoms with van der Waals surface area (Å²) >= 11 is 1.65. The Morgan fingerprint density at radius 1 is 0.652 bits per heavy atom. The quantitative estimate of drug-likeness (QED) is 0.505. The zero-order valence-corrected chi connectivity index (χ0v) is 14.2. The third-order valence-corrected chi connectivity index (χ3v) is 4.80. The zero-order chi connectivity index (χ0) is 16.3. The molecule has 2 rings (SSSR count). The molecule has 0 heterocycles. The number of rotatable bonds is 10. The summed E-state index contributed by atoms with van der Waals surface area (Å²) in [5.74, 6) is 1.51. The Hall–Kier alpha value is -1.35. The Bertz CT molecular complexity index is 480. The lowest BCUT2D eigenvalue weighted by molar-refractivity contribution is 0.323. The molecule has 0 aromatic heterocycles. The maximum Gasteiger partial charge on any atom is 0.105 e. The molecule has 124 valence electrons. The first-order valence-corrected chi connectivity index (χ1v) is 9.33. The van der Waals surface area contributed by atoms with Crippen molar-refractivity contribution in [1.82, 2.24) is 0 Å². The second-order valence-corrected chi connectivity index (χ2v) is 6.99. The van der Waals surface area contributed by atoms with E-state index >= 15 is 0 Å². The zero-order valence-electron chi connectivity index (χ0n) is 13.3. The molecule has 0 radical (unpaired) electrons. The van der Waals surface area contributed by atoms with Gasteiger partial charge < -0.3 is 0 Å². The van der Waals surface area contributed by atoms with Crippen molar-refractivity contribution in [1.29, 1.82) is 0 Å². The average molecular weight is 334 g/mol. The first-order valence-electron chi connectivity index (χ1n) is 8.18. The number of hydrogen-bond donors (Lipinski definition) is 0. The fourth-order valence-electron chi connectivity index (χ4n) is 2.47. The molecule has 0 saturated heterocycles. The molecule has 0 saturated carbocycles. The monoisotopic (exact) mass is 334 g/mol. The Kier molecular flexibility index (Phi) is 8.16. The van der Waals surface area contributed by atoms with Crippen LogP contribution in [0.5, 0.6) is 0 Å². The second-order valence-electron chi connectivity index (χ2n) is 5.76. The van der Waals surface area contributed by atoms with Crippen LogP contribution < -0.4 is 0 Å². The van der Waals surface area contributed by atoms with Gasteiger partial charge in [-0.1, -0.05) is 60.7 Å². The van der Waals surface area contributed by atoms with Crippen LogP contribution in [0, 0.1) is 0 Å². The topological polar surface area (TPSA) is 0 Å². The van der Waals surface area contributed by atoms with Crippen LogP contribution in [-0.4, -0.2) is 23.8 Å². The second kappa shape index (κ2) is 10.4. The summed E-state index contributed by atoms with van der Waals surface area (Å²) in [6, 6.07) is 19.4. The molecule has 23 heavy (non-hydrogen) atoms. The van der Waals surface area contributed by atoms with Crippen LogP contribution in [0.1, 0.15) is 24.0 Å². The van der Waals surface area contributed by atoms with E-state index < -0.39 is 12.3 Å². The molecule has 0 aliphatic rings. The first-order chi connectivity index (χ1) is 11.2. The summed E-state index contributed by atoms with van der Waals surface area (Å²) < 4.78 is 27.7. The van der Waals surface area contributed by atoms with Gasteiger partial charge in [0.15, 0.2) is 0 Å². The standard InChI is InChI=1S/C20H24F2S/c21-19(15-17-7-3-1-4-8-17)11-13-23-14-12-20(22)16-18-9-5-2-6-10-18/h1-10,19-20H,11-16H2/t19-,20-/m0/s1. The molecule has 2 aromatic rings. The highest BCUT2D eigenvalue weighted by Gasteiger charge is 2.10. The number of thioether (sulfide) groups is 1. The van der Waals surface area contributed by atoms with E-state index in [0.717, 1.165) is 22.6 Å². The fraction of sp³-hybridized carbons (Fsp3) is 0.400. The summed E-state index contributed by atoms with van der Waals surface area (Å²) in [7, 11) is 0. The molecule has 3 heteroatoms. The van der Waals surface area contributed by atoms with Gasteiger partial charge in [0, 0.05) is 12.8 Å². The van der Waals surface area contributed by atoms with Gasteiger partial charge in [-0.25, -0.2) is 8.78 Å². The van der Waals surface area contributed by atoms with E-state index in [4.69, 9.17) is 0 Å². The molecule has 0 N–H and O–H groups in total. The van der Waals surface area contributed by atoms with Gasteiger partial charge in [-0.3, -0.25) is 0 Å². The Morgan fingerprint density at radius 2 is 1.04 bits per heavy atom. The summed E-state index contributed by atoms with van der Waals surface area (Å²) in [5, 5.41) is 0. The van der Waals surface area contributed by atoms with Crippen LogP contribution in [-0.2, 0) is 12.8 Å². The third kappa shape index (κ3) is 7.65. The highest BCUT2D eigenvalue weighted by atomic mass is 32.2. The third-order valence-electron chi connectivity index (χ3n) is 3.75. The van der Waals surface area contributed by atoms with Gasteiger partial charge in [-0.15, -0.1) is 0 Å². The van der Waals surface area contributed by atoms with Gasteiger partial charge in [-0.05, 0) is 35.5 Å². The molecule has 2 atom stereocenters. The van der Waals surface area contributed by atoms with Crippen molar-refractivity contribution in [2.75, 3.05) is 11.5 Å². The number of halogens is 2. The van der Waals surface area contributed by atoms with Gasteiger partial charge in [0.2, 0.25) is 0 Å². The van der Waals surface area contributed by atoms with Crippen LogP contribution in [0.15, 0.2) is 60.7 Å². The van der Waals surface area contributed by atoms with Gasteiger partial charge >= 0.3 is 0 Å². The van der Waals surface area contributed by atoms with Crippen LogP contribution in [0.3, 0.4) is 0 Å². The molecule has 0 spiro atoms. The number of alkyl halides is 2. The van der Waals surface area contributed by atoms with Crippen LogP contribution in [0.2, 0.25) is 0 Å². The highest BCUT2D eigenvalue weighted by molar-refractivity contribution is 7.99. The maximum atomic E-state index is 13.9. The van der Waals surface area contributed by atoms with E-state index in [2.05, 4.69) is 0 Å². The molecule has 0 unspecified atom stereocenters. The lowest BCUT2D eigenvalue weighted by atomic mass is 10.1. The number of hydrogen-bond acceptors (Lipinski definition) is 1. The van der Waals surface area contributed by atoms with Crippen molar-refractivity contribution in [3.05, 3.63) is 71.8 Å². The molecular formula is C20H24F2S. The van der Waals surface area contributed by atoms with Crippen molar-refractivity contribution in [2.24, 2.45) is 0 Å². The van der Waals surface area contributed by atoms with Gasteiger partial charge in [0.25, 0.3) is 0 Å². The Labute approximate surface area is 142 Å². The first kappa shape index (κ1) is 18.0. The minimum atomic E-state index is -0.810. The minimum absolute atomic E-state index is 0.473. The predicted octanol–water partition coefficient (Wildman–Crippen LogP) is 5.66. The average Bonchev–Trinajstić information content (AvgIpc) is 2.56. The molecule has 0 nitrogen and oxygen atoms in total. The predicted molar refractivity (Wildman–Crippen MR) is 96.6 cm³/mol. The summed E-state index contributed by atoms with van der Waals surface area (Å²) in [6.07, 6.45) is 0.401. The van der Waals surface area contributed by atoms with Crippen molar-refractivity contribution in [3.63, 3.8) is 0 Å². The molecule has 0 aliphatic carbocycles. The van der Waals surface area contributed by atoms with Crippen molar-refractivity contribution >= 4 is 11.8 Å². The molecule has 0 fully saturated rings. The fourth-order valence-corrected chi connectivity index (χ4v) is 3.52. The van der Waals surface area contributed by atoms with Crippen molar-refractivity contribution < 1.29 is 8.78 Å². The summed E-state index contributed by atoms with van der Waals surface area (Å²) in [6.45, 7) is 0. The summed E-state index contributed by atoms with van der Waals surface area (Å²) in [5.41, 5.74) is 2.08. The molecule has 0 amide bonds. The van der Waals surface area contributed by atoms with Crippen LogP contribution >= 0.6 is 11.8 Å². The maximum absolute atomic E-state index is 13.9. The molecule has 0 aliphatic heterocycles. The minimum Gasteiger partial charge on any atom is -0.247 e. The van der Waals surface area contributed by atoms with E-state index in [9.17, 15) is 8.78 Å². The Balaban J connectivity index is 1.53. The van der Waals surface area contributed by atoms with Crippen LogP contribution in [0.25, 0.3) is 0 Å². The van der Waals surface area contributed by atoms with Gasteiger partial charge in [0.05, 0.1) is 0 Å². The SMILES string of the molecule is F[C@@H](CCSCC[C@H](F)Cc1ccccc1)Cc1ccccc1. The molecule has 0 bridgehead atoms. The smallest absolute Gasteiger partial charge is 0.105 e. The van der Waals surface area contributed by atoms with Crippen molar-refractivity contribution in [2.45, 2.75) is 38.0 Å². The lowest BCUT2D eigenvalue weighted by Gasteiger charge is -2.10. The van der Waals surface area contributed by atoms with E-state index in [-0.39, 0.29) is 0 Å². The van der Waals surface area contributed by atoms with E-state index in [1.165, 1.54) is 0 Å². The largest absolute Gasteiger partial charge is 0.247 e. The van der Waals surface area contributed by atoms with E-state index in [0.29, 0.717) is 25.7 Å². The van der Waals surface area contributed by atoms with E-state index in [1.807, 2.05) is 60.7 Å². The van der Waals surface area contributed by atoms with Gasteiger partial charge in [-0.2, -0.15) is 11.8 Å². The van der Waals surface area contributed by atoms with Gasteiger partial charge in [0.1, 0.15) is 12.3 Å². The lowest BCUT2D eigenvalue weighted by Crippen LogP contribution is -2.08. The van der Waals surface area contributed by atoms with Crippen molar-refractivity contribution in [3.8, 4) is 0 Å². The number of benzene rings is 2. The molecule has 2 aromatic carbocycles. The van der Waals surface area contributed by atoms with E-state index in [1.54, 1.807) is 11.8 Å². The normalized spacial score (nSPS) is 13.7. The van der Waals surface area contributed by atoms with Crippen LogP contribution in [0.4, 0.5) is 8.78 Å². The Morgan fingerprint density at radius 3 is 1.43 bits per heavy atom. The summed E-state index contributed by atoms with van der Waals surface area (Å²) in [4.78, 5) is 0. The highest BCUT2D eigenvalue weighted by Crippen LogP contribution is 2.16.